The smallest absolute Gasteiger partial charge is 0.320 e. The van der Waals surface area contributed by atoms with Crippen molar-refractivity contribution in [3.8, 4) is 0 Å². The number of carbonyl (C=O) groups is 1. The number of hydrogen-bond acceptors (Lipinski definition) is 3. The number of fused-ring (bicyclic) bond motifs is 1. The van der Waals surface area contributed by atoms with Crippen molar-refractivity contribution >= 4 is 16.9 Å². The van der Waals surface area contributed by atoms with Crippen LogP contribution >= 0.6 is 0 Å². The highest BCUT2D eigenvalue weighted by atomic mass is 16.4. The number of rotatable bonds is 5. The number of aliphatic carboxylic acids is 1. The van der Waals surface area contributed by atoms with Crippen molar-refractivity contribution in [1.29, 1.82) is 0 Å². The van der Waals surface area contributed by atoms with E-state index in [1.54, 1.807) is 0 Å². The molecule has 102 valence electrons. The van der Waals surface area contributed by atoms with Gasteiger partial charge in [0.25, 0.3) is 0 Å². The lowest BCUT2D eigenvalue weighted by atomic mass is 10.1. The van der Waals surface area contributed by atoms with Crippen LogP contribution in [0.15, 0.2) is 24.3 Å². The third-order valence-corrected chi connectivity index (χ3v) is 3.44. The van der Waals surface area contributed by atoms with Crippen LogP contribution in [0.25, 0.3) is 10.9 Å². The van der Waals surface area contributed by atoms with Gasteiger partial charge in [0.2, 0.25) is 0 Å². The molecule has 0 aliphatic rings. The highest BCUT2D eigenvalue weighted by Crippen LogP contribution is 2.19. The molecule has 2 aromatic rings. The van der Waals surface area contributed by atoms with Gasteiger partial charge in [-0.15, -0.1) is 0 Å². The van der Waals surface area contributed by atoms with Gasteiger partial charge < -0.3 is 5.11 Å². The molecule has 1 N–H and O–H groups in total. The maximum Gasteiger partial charge on any atom is 0.320 e. The van der Waals surface area contributed by atoms with Gasteiger partial charge in [0.05, 0.1) is 11.2 Å². The second-order valence-corrected chi connectivity index (χ2v) is 4.76. The SMILES string of the molecule is CCC(C(=O)O)N(C)Cc1nn(C)c2ccccc12. The van der Waals surface area contributed by atoms with E-state index in [4.69, 9.17) is 0 Å². The van der Waals surface area contributed by atoms with E-state index in [1.165, 1.54) is 0 Å². The monoisotopic (exact) mass is 261 g/mol. The highest BCUT2D eigenvalue weighted by Gasteiger charge is 2.22. The molecule has 0 bridgehead atoms. The summed E-state index contributed by atoms with van der Waals surface area (Å²) in [6.45, 7) is 2.41. The molecule has 19 heavy (non-hydrogen) atoms. The van der Waals surface area contributed by atoms with E-state index in [9.17, 15) is 9.90 Å². The Labute approximate surface area is 112 Å². The van der Waals surface area contributed by atoms with Crippen LogP contribution in [0.1, 0.15) is 19.0 Å². The third-order valence-electron chi connectivity index (χ3n) is 3.44. The van der Waals surface area contributed by atoms with Gasteiger partial charge >= 0.3 is 5.97 Å². The fourth-order valence-electron chi connectivity index (χ4n) is 2.43. The maximum absolute atomic E-state index is 11.2. The standard InChI is InChI=1S/C14H19N3O2/c1-4-12(14(18)19)16(2)9-11-10-7-5-6-8-13(10)17(3)15-11/h5-8,12H,4,9H2,1-3H3,(H,18,19). The molecule has 0 aliphatic carbocycles. The zero-order valence-corrected chi connectivity index (χ0v) is 11.5. The predicted octanol–water partition coefficient (Wildman–Crippen LogP) is 1.87. The molecule has 0 amide bonds. The molecule has 0 aliphatic heterocycles. The Kier molecular flexibility index (Phi) is 3.85. The van der Waals surface area contributed by atoms with Gasteiger partial charge in [0.1, 0.15) is 6.04 Å². The van der Waals surface area contributed by atoms with Gasteiger partial charge in [0.15, 0.2) is 0 Å². The summed E-state index contributed by atoms with van der Waals surface area (Å²) in [5.41, 5.74) is 1.98. The Balaban J connectivity index is 2.28. The Morgan fingerprint density at radius 1 is 1.47 bits per heavy atom. The number of benzene rings is 1. The average molecular weight is 261 g/mol. The van der Waals surface area contributed by atoms with Crippen LogP contribution in [0.2, 0.25) is 0 Å². The van der Waals surface area contributed by atoms with Crippen LogP contribution in [-0.4, -0.2) is 38.8 Å². The lowest BCUT2D eigenvalue weighted by molar-refractivity contribution is -0.143. The van der Waals surface area contributed by atoms with Crippen LogP contribution < -0.4 is 0 Å². The zero-order valence-electron chi connectivity index (χ0n) is 11.5. The lowest BCUT2D eigenvalue weighted by Crippen LogP contribution is -2.37. The zero-order chi connectivity index (χ0) is 14.0. The van der Waals surface area contributed by atoms with Crippen molar-refractivity contribution in [1.82, 2.24) is 14.7 Å². The van der Waals surface area contributed by atoms with Crippen molar-refractivity contribution in [2.24, 2.45) is 7.05 Å². The van der Waals surface area contributed by atoms with Gasteiger partial charge in [-0.3, -0.25) is 14.4 Å². The summed E-state index contributed by atoms with van der Waals surface area (Å²) >= 11 is 0. The number of carboxylic acids is 1. The molecule has 5 heteroatoms. The van der Waals surface area contributed by atoms with Gasteiger partial charge in [-0.2, -0.15) is 5.10 Å². The first-order chi connectivity index (χ1) is 9.04. The fourth-order valence-corrected chi connectivity index (χ4v) is 2.43. The summed E-state index contributed by atoms with van der Waals surface area (Å²) in [7, 11) is 3.73. The summed E-state index contributed by atoms with van der Waals surface area (Å²) in [4.78, 5) is 13.0. The minimum absolute atomic E-state index is 0.472. The lowest BCUT2D eigenvalue weighted by Gasteiger charge is -2.22. The first-order valence-electron chi connectivity index (χ1n) is 6.38. The van der Waals surface area contributed by atoms with Crippen molar-refractivity contribution in [2.75, 3.05) is 7.05 Å². The molecule has 1 heterocycles. The summed E-state index contributed by atoms with van der Waals surface area (Å²) in [6, 6.07) is 7.51. The van der Waals surface area contributed by atoms with Crippen LogP contribution in [0.3, 0.4) is 0 Å². The predicted molar refractivity (Wildman–Crippen MR) is 73.9 cm³/mol. The molecule has 1 atom stereocenters. The quantitative estimate of drug-likeness (QED) is 0.892. The Morgan fingerprint density at radius 3 is 2.79 bits per heavy atom. The Bertz CT molecular complexity index is 591. The van der Waals surface area contributed by atoms with Gasteiger partial charge in [-0.25, -0.2) is 0 Å². The first-order valence-corrected chi connectivity index (χ1v) is 6.38. The van der Waals surface area contributed by atoms with Crippen molar-refractivity contribution in [3.05, 3.63) is 30.0 Å². The van der Waals surface area contributed by atoms with Crippen molar-refractivity contribution < 1.29 is 9.90 Å². The van der Waals surface area contributed by atoms with E-state index in [2.05, 4.69) is 5.10 Å². The third kappa shape index (κ3) is 2.61. The summed E-state index contributed by atoms with van der Waals surface area (Å²) < 4.78 is 1.83. The second-order valence-electron chi connectivity index (χ2n) is 4.76. The molecular formula is C14H19N3O2. The van der Waals surface area contributed by atoms with E-state index in [-0.39, 0.29) is 0 Å². The van der Waals surface area contributed by atoms with E-state index in [1.807, 2.05) is 54.9 Å². The minimum atomic E-state index is -0.787. The molecule has 1 aromatic heterocycles. The number of nitrogens with zero attached hydrogens (tertiary/aromatic N) is 3. The molecular weight excluding hydrogens is 242 g/mol. The molecule has 0 saturated carbocycles. The fraction of sp³-hybridized carbons (Fsp3) is 0.429. The Morgan fingerprint density at radius 2 is 2.16 bits per heavy atom. The number of para-hydroxylation sites is 1. The van der Waals surface area contributed by atoms with E-state index >= 15 is 0 Å². The van der Waals surface area contributed by atoms with Crippen molar-refractivity contribution in [2.45, 2.75) is 25.9 Å². The van der Waals surface area contributed by atoms with Crippen LogP contribution in [0.5, 0.6) is 0 Å². The summed E-state index contributed by atoms with van der Waals surface area (Å²) in [6.07, 6.45) is 0.580. The topological polar surface area (TPSA) is 58.4 Å². The number of aromatic nitrogens is 2. The molecule has 0 fully saturated rings. The molecule has 0 radical (unpaired) electrons. The van der Waals surface area contributed by atoms with E-state index in [0.717, 1.165) is 16.6 Å². The van der Waals surface area contributed by atoms with E-state index < -0.39 is 12.0 Å². The molecule has 1 unspecified atom stereocenters. The van der Waals surface area contributed by atoms with Crippen LogP contribution in [0.4, 0.5) is 0 Å². The average Bonchev–Trinajstić information content (AvgIpc) is 2.67. The first kappa shape index (κ1) is 13.5. The largest absolute Gasteiger partial charge is 0.480 e. The maximum atomic E-state index is 11.2. The molecule has 0 saturated heterocycles. The normalized spacial score (nSPS) is 13.1. The number of aryl methyl sites for hydroxylation is 1. The second kappa shape index (κ2) is 5.40. The van der Waals surface area contributed by atoms with Crippen LogP contribution in [0, 0.1) is 0 Å². The van der Waals surface area contributed by atoms with Crippen molar-refractivity contribution in [3.63, 3.8) is 0 Å². The molecule has 0 spiro atoms. The number of likely N-dealkylation sites (N-methyl/N-ethyl adjacent to an activating group) is 1. The Hall–Kier alpha value is -1.88. The van der Waals surface area contributed by atoms with Gasteiger partial charge in [-0.1, -0.05) is 25.1 Å². The number of hydrogen-bond donors (Lipinski definition) is 1. The summed E-state index contributed by atoms with van der Waals surface area (Å²) in [5, 5.41) is 14.7. The highest BCUT2D eigenvalue weighted by molar-refractivity contribution is 5.82. The van der Waals surface area contributed by atoms with E-state index in [0.29, 0.717) is 13.0 Å². The minimum Gasteiger partial charge on any atom is -0.480 e. The molecule has 5 nitrogen and oxygen atoms in total. The molecule has 1 aromatic carbocycles. The summed E-state index contributed by atoms with van der Waals surface area (Å²) in [5.74, 6) is -0.787. The van der Waals surface area contributed by atoms with Gasteiger partial charge in [0, 0.05) is 19.0 Å². The number of carboxylic acid groups (broad SMARTS) is 1. The molecule has 2 rings (SSSR count). The van der Waals surface area contributed by atoms with Crippen LogP contribution in [-0.2, 0) is 18.4 Å². The van der Waals surface area contributed by atoms with Gasteiger partial charge in [-0.05, 0) is 19.5 Å².